The van der Waals surface area contributed by atoms with Gasteiger partial charge in [0, 0.05) is 38.8 Å². The van der Waals surface area contributed by atoms with Crippen LogP contribution >= 0.6 is 0 Å². The van der Waals surface area contributed by atoms with E-state index >= 15 is 0 Å². The molecule has 6 heteroatoms. The van der Waals surface area contributed by atoms with E-state index in [9.17, 15) is 9.59 Å². The molecule has 1 N–H and O–H groups in total. The number of anilines is 1. The molecule has 1 fully saturated rings. The van der Waals surface area contributed by atoms with Crippen LogP contribution in [0.2, 0.25) is 0 Å². The molecule has 0 bridgehead atoms. The number of hydrogen-bond acceptors (Lipinski definition) is 4. The number of pyridine rings is 1. The number of nitrogens with zero attached hydrogens (tertiary/aromatic N) is 3. The lowest BCUT2D eigenvalue weighted by Crippen LogP contribution is -2.39. The highest BCUT2D eigenvalue weighted by Gasteiger charge is 2.30. The molecule has 1 aliphatic rings. The minimum Gasteiger partial charge on any atom is -0.365 e. The number of hydrogen-bond donors (Lipinski definition) is 1. The van der Waals surface area contributed by atoms with E-state index in [2.05, 4.69) is 38.0 Å². The van der Waals surface area contributed by atoms with E-state index in [1.165, 1.54) is 0 Å². The highest BCUT2D eigenvalue weighted by molar-refractivity contribution is 5.94. The number of amides is 2. The third-order valence-corrected chi connectivity index (χ3v) is 5.40. The maximum atomic E-state index is 12.7. The number of carbonyl (C=O) groups is 2. The molecule has 138 valence electrons. The van der Waals surface area contributed by atoms with Crippen LogP contribution in [0.25, 0.3) is 0 Å². The van der Waals surface area contributed by atoms with Gasteiger partial charge in [-0.3, -0.25) is 9.59 Å². The molecular formula is C19H30N4O2. The number of likely N-dealkylation sites (tertiary alicyclic amines) is 1. The van der Waals surface area contributed by atoms with Crippen LogP contribution in [0.4, 0.5) is 5.82 Å². The van der Waals surface area contributed by atoms with Crippen LogP contribution in [0.15, 0.2) is 18.3 Å². The van der Waals surface area contributed by atoms with E-state index < -0.39 is 0 Å². The second kappa shape index (κ2) is 7.42. The Morgan fingerprint density at radius 1 is 1.36 bits per heavy atom. The van der Waals surface area contributed by atoms with Gasteiger partial charge in [0.05, 0.1) is 11.6 Å². The van der Waals surface area contributed by atoms with Gasteiger partial charge in [0.15, 0.2) is 0 Å². The Morgan fingerprint density at radius 2 is 2.04 bits per heavy atom. The van der Waals surface area contributed by atoms with E-state index in [0.29, 0.717) is 24.6 Å². The van der Waals surface area contributed by atoms with Crippen molar-refractivity contribution < 1.29 is 9.59 Å². The Hall–Kier alpha value is -2.11. The monoisotopic (exact) mass is 346 g/mol. The average molecular weight is 346 g/mol. The molecule has 1 aliphatic heterocycles. The van der Waals surface area contributed by atoms with Crippen LogP contribution in [0.5, 0.6) is 0 Å². The summed E-state index contributed by atoms with van der Waals surface area (Å²) >= 11 is 0. The van der Waals surface area contributed by atoms with Crippen molar-refractivity contribution in [2.24, 2.45) is 5.92 Å². The van der Waals surface area contributed by atoms with E-state index in [0.717, 1.165) is 12.2 Å². The maximum absolute atomic E-state index is 12.7. The molecule has 1 atom stereocenters. The molecule has 0 saturated carbocycles. The van der Waals surface area contributed by atoms with Gasteiger partial charge in [0.1, 0.15) is 5.82 Å². The first kappa shape index (κ1) is 19.2. The molecule has 0 aliphatic carbocycles. The second-order valence-corrected chi connectivity index (χ2v) is 7.76. The van der Waals surface area contributed by atoms with Crippen LogP contribution in [-0.2, 0) is 4.79 Å². The second-order valence-electron chi connectivity index (χ2n) is 7.76. The molecule has 0 radical (unpaired) electrons. The Labute approximate surface area is 150 Å². The summed E-state index contributed by atoms with van der Waals surface area (Å²) < 4.78 is 0. The quantitative estimate of drug-likeness (QED) is 0.890. The Morgan fingerprint density at radius 3 is 2.56 bits per heavy atom. The van der Waals surface area contributed by atoms with Crippen LogP contribution in [0.3, 0.4) is 0 Å². The van der Waals surface area contributed by atoms with Crippen molar-refractivity contribution in [3.63, 3.8) is 0 Å². The van der Waals surface area contributed by atoms with Crippen molar-refractivity contribution >= 4 is 17.6 Å². The van der Waals surface area contributed by atoms with Crippen molar-refractivity contribution in [3.05, 3.63) is 23.9 Å². The fraction of sp³-hybridized carbons (Fsp3) is 0.632. The van der Waals surface area contributed by atoms with Gasteiger partial charge in [-0.2, -0.15) is 0 Å². The van der Waals surface area contributed by atoms with Crippen molar-refractivity contribution in [2.75, 3.05) is 25.5 Å². The largest absolute Gasteiger partial charge is 0.365 e. The molecule has 0 unspecified atom stereocenters. The van der Waals surface area contributed by atoms with E-state index in [1.807, 2.05) is 12.1 Å². The van der Waals surface area contributed by atoms with Crippen LogP contribution < -0.4 is 5.32 Å². The zero-order valence-electron chi connectivity index (χ0n) is 16.2. The van der Waals surface area contributed by atoms with Crippen molar-refractivity contribution in [2.45, 2.75) is 52.6 Å². The zero-order chi connectivity index (χ0) is 18.8. The number of aromatic nitrogens is 1. The van der Waals surface area contributed by atoms with Gasteiger partial charge in [-0.15, -0.1) is 0 Å². The minimum absolute atomic E-state index is 0.0263. The number of nitrogens with one attached hydrogen (secondary N) is 1. The molecule has 6 nitrogen and oxygen atoms in total. The molecule has 2 rings (SSSR count). The first-order valence-corrected chi connectivity index (χ1v) is 8.88. The molecule has 25 heavy (non-hydrogen) atoms. The molecule has 1 aromatic heterocycles. The summed E-state index contributed by atoms with van der Waals surface area (Å²) in [5, 5.41) is 3.41. The normalized spacial score (nSPS) is 17.7. The lowest BCUT2D eigenvalue weighted by Gasteiger charge is -2.31. The van der Waals surface area contributed by atoms with Crippen molar-refractivity contribution in [3.8, 4) is 0 Å². The van der Waals surface area contributed by atoms with Gasteiger partial charge in [-0.1, -0.05) is 13.8 Å². The van der Waals surface area contributed by atoms with Gasteiger partial charge in [0.25, 0.3) is 5.91 Å². The Bertz CT molecular complexity index is 625. The lowest BCUT2D eigenvalue weighted by atomic mass is 9.91. The standard InChI is InChI=1S/C19H30N4O2/c1-13(2)19(4,5)21-17-8-7-15(11-20-17)18(25)23-10-9-16(12-23)22(6)14(3)24/h7-8,11,13,16H,9-10,12H2,1-6H3,(H,20,21)/t16-/m0/s1. The predicted molar refractivity (Wildman–Crippen MR) is 99.5 cm³/mol. The average Bonchev–Trinajstić information content (AvgIpc) is 3.03. The van der Waals surface area contributed by atoms with E-state index in [-0.39, 0.29) is 23.4 Å². The molecule has 0 spiro atoms. The summed E-state index contributed by atoms with van der Waals surface area (Å²) in [7, 11) is 1.79. The zero-order valence-corrected chi connectivity index (χ0v) is 16.2. The third-order valence-electron chi connectivity index (χ3n) is 5.40. The van der Waals surface area contributed by atoms with E-state index in [4.69, 9.17) is 0 Å². The minimum atomic E-state index is -0.0715. The predicted octanol–water partition coefficient (Wildman–Crippen LogP) is 2.62. The number of rotatable bonds is 5. The molecule has 2 amide bonds. The van der Waals surface area contributed by atoms with E-state index in [1.54, 1.807) is 30.0 Å². The first-order chi connectivity index (χ1) is 11.6. The van der Waals surface area contributed by atoms with Gasteiger partial charge >= 0.3 is 0 Å². The van der Waals surface area contributed by atoms with Crippen LogP contribution in [0, 0.1) is 5.92 Å². The van der Waals surface area contributed by atoms with Crippen LogP contribution in [-0.4, -0.2) is 58.3 Å². The first-order valence-electron chi connectivity index (χ1n) is 8.88. The topological polar surface area (TPSA) is 65.5 Å². The number of carbonyl (C=O) groups excluding carboxylic acids is 2. The molecule has 0 aromatic carbocycles. The van der Waals surface area contributed by atoms with Crippen molar-refractivity contribution in [1.82, 2.24) is 14.8 Å². The Kier molecular flexibility index (Phi) is 5.70. The number of likely N-dealkylation sites (N-methyl/N-ethyl adjacent to an activating group) is 1. The Balaban J connectivity index is 2.01. The summed E-state index contributed by atoms with van der Waals surface area (Å²) in [5.41, 5.74) is 0.511. The fourth-order valence-electron chi connectivity index (χ4n) is 2.75. The van der Waals surface area contributed by atoms with Gasteiger partial charge in [-0.05, 0) is 38.3 Å². The summed E-state index contributed by atoms with van der Waals surface area (Å²) in [6, 6.07) is 3.77. The SMILES string of the molecule is CC(=O)N(C)[C@H]1CCN(C(=O)c2ccc(NC(C)(C)C(C)C)nc2)C1. The van der Waals surface area contributed by atoms with Gasteiger partial charge < -0.3 is 15.1 Å². The van der Waals surface area contributed by atoms with Gasteiger partial charge in [-0.25, -0.2) is 4.98 Å². The summed E-state index contributed by atoms with van der Waals surface area (Å²) in [4.78, 5) is 32.0. The van der Waals surface area contributed by atoms with Crippen LogP contribution in [0.1, 0.15) is 51.4 Å². The molecule has 1 aromatic rings. The summed E-state index contributed by atoms with van der Waals surface area (Å²) in [6.07, 6.45) is 2.44. The summed E-state index contributed by atoms with van der Waals surface area (Å²) in [6.45, 7) is 11.4. The maximum Gasteiger partial charge on any atom is 0.255 e. The lowest BCUT2D eigenvalue weighted by molar-refractivity contribution is -0.129. The van der Waals surface area contributed by atoms with Gasteiger partial charge in [0.2, 0.25) is 5.91 Å². The van der Waals surface area contributed by atoms with Crippen molar-refractivity contribution in [1.29, 1.82) is 0 Å². The third kappa shape index (κ3) is 4.50. The highest BCUT2D eigenvalue weighted by Crippen LogP contribution is 2.22. The fourth-order valence-corrected chi connectivity index (χ4v) is 2.75. The summed E-state index contributed by atoms with van der Waals surface area (Å²) in [5.74, 6) is 1.23. The highest BCUT2D eigenvalue weighted by atomic mass is 16.2. The smallest absolute Gasteiger partial charge is 0.255 e. The molecular weight excluding hydrogens is 316 g/mol. The molecule has 2 heterocycles. The molecule has 1 saturated heterocycles.